The molecule has 0 rings (SSSR count). The van der Waals surface area contributed by atoms with Crippen LogP contribution in [0.25, 0.3) is 0 Å². The van der Waals surface area contributed by atoms with Crippen molar-refractivity contribution in [3.63, 3.8) is 0 Å². The van der Waals surface area contributed by atoms with Gasteiger partial charge in [-0.1, -0.05) is 0 Å². The van der Waals surface area contributed by atoms with Crippen molar-refractivity contribution in [2.24, 2.45) is 0 Å². The fraction of sp³-hybridized carbons (Fsp3) is 0. The molecule has 1 nitrogen and oxygen atoms in total. The summed E-state index contributed by atoms with van der Waals surface area (Å²) >= 11 is 2.94. The van der Waals surface area contributed by atoms with E-state index in [0.717, 1.165) is 0 Å². The van der Waals surface area contributed by atoms with Crippen molar-refractivity contribution in [2.75, 3.05) is 0 Å². The van der Waals surface area contributed by atoms with Gasteiger partial charge in [-0.05, 0) is 0 Å². The predicted octanol–water partition coefficient (Wildman–Crippen LogP) is -3.83. The quantitative estimate of drug-likeness (QED) is 0.229. The summed E-state index contributed by atoms with van der Waals surface area (Å²) in [6.07, 6.45) is 0. The molecule has 0 amide bonds. The molecule has 0 unspecified atom stereocenters. The predicted molar refractivity (Wildman–Crippen MR) is 38.5 cm³/mol. The van der Waals surface area contributed by atoms with E-state index in [9.17, 15) is 0 Å². The van der Waals surface area contributed by atoms with Crippen molar-refractivity contribution < 1.29 is 62.6 Å². The molecule has 0 aliphatic rings. The standard InChI is InChI=1S/Ba.Cu.In.O.Pb.Sn.Th.11H/q+2;;;;;;;;;;;;;;;;2*-1. The molecule has 0 fully saturated rings. The number of hydrogen-bond donors (Lipinski definition) is 0. The van der Waals surface area contributed by atoms with Crippen LogP contribution in [0.3, 0.4) is 0 Å². The Hall–Kier alpha value is 5.81. The minimum Gasteiger partial charge on any atom is 0 e. The molecule has 0 aliphatic heterocycles. The molecule has 2 radical (unpaired) electrons. The van der Waals surface area contributed by atoms with Crippen LogP contribution in [0.5, 0.6) is 0 Å². The molecule has 0 N–H and O–H groups in total. The summed E-state index contributed by atoms with van der Waals surface area (Å²) in [7, 11) is 0. The van der Waals surface area contributed by atoms with Gasteiger partial charge in [0.15, 0.2) is 0 Å². The summed E-state index contributed by atoms with van der Waals surface area (Å²) < 4.78 is 7.81. The Balaban J connectivity index is -0.000000000238. The van der Waals surface area contributed by atoms with Crippen LogP contribution < -0.4 is 0 Å². The van der Waals surface area contributed by atoms with E-state index in [1.807, 2.05) is 0 Å². The number of rotatable bonds is 0. The van der Waals surface area contributed by atoms with Crippen LogP contribution in [0.2, 0.25) is 0 Å². The minimum atomic E-state index is 0. The van der Waals surface area contributed by atoms with E-state index in [1.54, 1.807) is 0 Å². The van der Waals surface area contributed by atoms with Gasteiger partial charge in [0.05, 0.1) is 0 Å². The first-order chi connectivity index (χ1) is 1.00. The smallest absolute Gasteiger partial charge is 0 e. The van der Waals surface area contributed by atoms with Crippen LogP contribution >= 0.6 is 0 Å². The third-order valence-electron chi connectivity index (χ3n) is 0. The summed E-state index contributed by atoms with van der Waals surface area (Å²) in [5, 5.41) is 0. The van der Waals surface area contributed by atoms with E-state index in [4.69, 9.17) is 3.83 Å². The maximum atomic E-state index is 7.81. The second kappa shape index (κ2) is 40.9. The molecule has 0 spiro atoms. The summed E-state index contributed by atoms with van der Waals surface area (Å²) in [6, 6.07) is 0. The van der Waals surface area contributed by atoms with Crippen molar-refractivity contribution in [1.82, 2.24) is 0 Å². The topological polar surface area (TPSA) is 17.1 Å². The average Bonchev–Trinajstić information content (AvgIpc) is 1.00. The van der Waals surface area contributed by atoms with E-state index in [1.165, 1.54) is 0 Å². The molecule has 0 aromatic heterocycles. The molecule has 0 saturated heterocycles. The Morgan fingerprint density at radius 2 is 1.29 bits per heavy atom. The first-order valence-electron chi connectivity index (χ1n) is 0.123. The maximum Gasteiger partial charge on any atom is 0 e. The van der Waals surface area contributed by atoms with Gasteiger partial charge in [-0.2, -0.15) is 0 Å². The monoisotopic (exact) mass is 903 g/mol. The average molecular weight is 901 g/mol. The van der Waals surface area contributed by atoms with Gasteiger partial charge in [0.2, 0.25) is 0 Å². The van der Waals surface area contributed by atoms with E-state index in [2.05, 4.69) is 15.9 Å². The number of hydrogen-bond acceptors (Lipinski definition) is 1. The van der Waals surface area contributed by atoms with Crippen LogP contribution in [0.1, 0.15) is 2.85 Å². The Labute approximate surface area is 183 Å². The van der Waals surface area contributed by atoms with Crippen LogP contribution in [0.15, 0.2) is 0 Å². The van der Waals surface area contributed by atoms with Gasteiger partial charge in [-0.15, -0.1) is 0 Å². The Morgan fingerprint density at radius 3 is 1.29 bits per heavy atom. The molecule has 0 saturated carbocycles. The normalized spacial score (nSPS) is 0.857. The van der Waals surface area contributed by atoms with Crippen LogP contribution in [-0.4, -0.2) is 126 Å². The molecular formula is H11BaCuInOPbSnTh. The van der Waals surface area contributed by atoms with Gasteiger partial charge >= 0.3 is 146 Å². The van der Waals surface area contributed by atoms with E-state index in [-0.39, 0.29) is 169 Å². The third-order valence-corrected chi connectivity index (χ3v) is 0. The van der Waals surface area contributed by atoms with Gasteiger partial charge in [0, 0.05) is 39.9 Å². The van der Waals surface area contributed by atoms with Gasteiger partial charge in [-0.3, -0.25) is 0 Å². The van der Waals surface area contributed by atoms with Crippen LogP contribution in [-0.2, 0) is 19.8 Å². The molecule has 7 heavy (non-hydrogen) atoms. The maximum absolute atomic E-state index is 7.81. The molecule has 0 aliphatic carbocycles. The molecule has 0 aromatic carbocycles. The fourth-order valence-corrected chi connectivity index (χ4v) is 0. The first-order valence-corrected chi connectivity index (χ1v) is 0.508. The minimum absolute atomic E-state index is 0. The molecule has 0 atom stereocenters. The fourth-order valence-electron chi connectivity index (χ4n) is 0. The Morgan fingerprint density at radius 1 is 1.29 bits per heavy atom. The van der Waals surface area contributed by atoms with Gasteiger partial charge in [0.25, 0.3) is 0 Å². The molecule has 0 bridgehead atoms. The zero-order valence-electron chi connectivity index (χ0n) is 4.62. The zero-order valence-corrected chi connectivity index (χ0v) is 17.6. The Bertz CT molecular complexity index is 26.5. The van der Waals surface area contributed by atoms with E-state index < -0.39 is 0 Å². The van der Waals surface area contributed by atoms with E-state index in [0.29, 0.717) is 0 Å². The molecule has 0 heterocycles. The van der Waals surface area contributed by atoms with Crippen molar-refractivity contribution >= 4 is 126 Å². The van der Waals surface area contributed by atoms with Crippen LogP contribution in [0, 0.1) is 39.9 Å². The second-order valence-electron chi connectivity index (χ2n) is 0. The third kappa shape index (κ3) is 33.7. The molecule has 0 aromatic rings. The van der Waals surface area contributed by atoms with Gasteiger partial charge < -0.3 is 2.85 Å². The summed E-state index contributed by atoms with van der Waals surface area (Å²) in [5.74, 6) is 0. The van der Waals surface area contributed by atoms with Gasteiger partial charge in [0.1, 0.15) is 0 Å². The summed E-state index contributed by atoms with van der Waals surface area (Å²) in [4.78, 5) is 0. The second-order valence-corrected chi connectivity index (χ2v) is 0. The first kappa shape index (κ1) is 38.5. The van der Waals surface area contributed by atoms with Crippen molar-refractivity contribution in [2.45, 2.75) is 0 Å². The van der Waals surface area contributed by atoms with E-state index >= 15 is 0 Å². The SMILES string of the molecule is [Ba+2].[H-].[H-].[InH3].[O]=[Cu].[PbH2].[SnH4].[Th]. The van der Waals surface area contributed by atoms with Gasteiger partial charge in [-0.25, -0.2) is 0 Å². The molecule has 45 valence electrons. The van der Waals surface area contributed by atoms with Crippen molar-refractivity contribution in [1.29, 1.82) is 0 Å². The molecule has 7 heteroatoms. The molecular weight excluding hydrogens is 890 g/mol. The summed E-state index contributed by atoms with van der Waals surface area (Å²) in [6.45, 7) is 0. The summed E-state index contributed by atoms with van der Waals surface area (Å²) in [5.41, 5.74) is 0. The zero-order chi connectivity index (χ0) is 2.00. The van der Waals surface area contributed by atoms with Crippen molar-refractivity contribution in [3.8, 4) is 0 Å². The van der Waals surface area contributed by atoms with Crippen molar-refractivity contribution in [3.05, 3.63) is 0 Å². The van der Waals surface area contributed by atoms with Crippen LogP contribution in [0.4, 0.5) is 0 Å². The largest absolute Gasteiger partial charge is 0 e. The Kier molecular flexibility index (Phi) is 225.